The normalized spacial score (nSPS) is 9.57. The van der Waals surface area contributed by atoms with Crippen LogP contribution in [-0.4, -0.2) is 30.2 Å². The highest BCUT2D eigenvalue weighted by atomic mass is 16.4. The SMILES string of the molecule is C=Cc1cc(C(=O)O)cnc1N(C)C. The molecule has 0 spiro atoms. The van der Waals surface area contributed by atoms with Gasteiger partial charge in [0, 0.05) is 25.9 Å². The highest BCUT2D eigenvalue weighted by Gasteiger charge is 2.08. The summed E-state index contributed by atoms with van der Waals surface area (Å²) in [7, 11) is 3.69. The van der Waals surface area contributed by atoms with Gasteiger partial charge in [0.2, 0.25) is 0 Å². The molecule has 0 aliphatic heterocycles. The van der Waals surface area contributed by atoms with Gasteiger partial charge in [0.1, 0.15) is 5.82 Å². The first-order valence-electron chi connectivity index (χ1n) is 4.09. The van der Waals surface area contributed by atoms with E-state index in [2.05, 4.69) is 11.6 Å². The van der Waals surface area contributed by atoms with Gasteiger partial charge in [-0.25, -0.2) is 9.78 Å². The van der Waals surface area contributed by atoms with Crippen molar-refractivity contribution in [3.05, 3.63) is 30.0 Å². The summed E-state index contributed by atoms with van der Waals surface area (Å²) in [5.74, 6) is -0.268. The van der Waals surface area contributed by atoms with Crippen LogP contribution in [0.25, 0.3) is 6.08 Å². The maximum absolute atomic E-state index is 10.7. The standard InChI is InChI=1S/C10H12N2O2/c1-4-7-5-8(10(13)14)6-11-9(7)12(2)3/h4-6H,1H2,2-3H3,(H,13,14). The van der Waals surface area contributed by atoms with Crippen LogP contribution in [0.3, 0.4) is 0 Å². The lowest BCUT2D eigenvalue weighted by molar-refractivity contribution is 0.0696. The fourth-order valence-electron chi connectivity index (χ4n) is 1.12. The molecule has 0 aromatic carbocycles. The number of carboxylic acids is 1. The molecule has 0 radical (unpaired) electrons. The third kappa shape index (κ3) is 1.90. The maximum Gasteiger partial charge on any atom is 0.337 e. The Balaban J connectivity index is 3.25. The van der Waals surface area contributed by atoms with Gasteiger partial charge in [0.05, 0.1) is 5.56 Å². The second-order valence-corrected chi connectivity index (χ2v) is 3.04. The third-order valence-corrected chi connectivity index (χ3v) is 1.79. The first-order chi connectivity index (χ1) is 6.56. The Morgan fingerprint density at radius 2 is 2.29 bits per heavy atom. The van der Waals surface area contributed by atoms with Crippen LogP contribution in [0.15, 0.2) is 18.8 Å². The fourth-order valence-corrected chi connectivity index (χ4v) is 1.12. The van der Waals surface area contributed by atoms with Crippen LogP contribution in [0.4, 0.5) is 5.82 Å². The molecule has 0 fully saturated rings. The van der Waals surface area contributed by atoms with Crippen LogP contribution in [-0.2, 0) is 0 Å². The van der Waals surface area contributed by atoms with E-state index >= 15 is 0 Å². The number of carbonyl (C=O) groups is 1. The Hall–Kier alpha value is -1.84. The van der Waals surface area contributed by atoms with E-state index in [-0.39, 0.29) is 5.56 Å². The molecule has 0 atom stereocenters. The van der Waals surface area contributed by atoms with E-state index < -0.39 is 5.97 Å². The number of nitrogens with zero attached hydrogens (tertiary/aromatic N) is 2. The van der Waals surface area contributed by atoms with Crippen LogP contribution in [0.5, 0.6) is 0 Å². The molecule has 0 saturated heterocycles. The topological polar surface area (TPSA) is 53.4 Å². The highest BCUT2D eigenvalue weighted by molar-refractivity contribution is 5.88. The molecule has 0 unspecified atom stereocenters. The Labute approximate surface area is 82.5 Å². The number of hydrogen-bond acceptors (Lipinski definition) is 3. The predicted molar refractivity (Wildman–Crippen MR) is 55.6 cm³/mol. The summed E-state index contributed by atoms with van der Waals surface area (Å²) in [6.07, 6.45) is 2.93. The molecule has 0 amide bonds. The summed E-state index contributed by atoms with van der Waals surface area (Å²) in [6, 6.07) is 1.55. The van der Waals surface area contributed by atoms with Crippen molar-refractivity contribution in [2.75, 3.05) is 19.0 Å². The summed E-state index contributed by atoms with van der Waals surface area (Å²) in [5.41, 5.74) is 0.889. The monoisotopic (exact) mass is 192 g/mol. The van der Waals surface area contributed by atoms with Crippen LogP contribution in [0.1, 0.15) is 15.9 Å². The van der Waals surface area contributed by atoms with Crippen molar-refractivity contribution in [2.45, 2.75) is 0 Å². The fraction of sp³-hybridized carbons (Fsp3) is 0.200. The van der Waals surface area contributed by atoms with Gasteiger partial charge in [0.25, 0.3) is 0 Å². The molecule has 0 saturated carbocycles. The average molecular weight is 192 g/mol. The lowest BCUT2D eigenvalue weighted by Crippen LogP contribution is -2.13. The predicted octanol–water partition coefficient (Wildman–Crippen LogP) is 1.49. The number of anilines is 1. The molecule has 0 bridgehead atoms. The van der Waals surface area contributed by atoms with Gasteiger partial charge >= 0.3 is 5.97 Å². The van der Waals surface area contributed by atoms with Crippen LogP contribution in [0, 0.1) is 0 Å². The quantitative estimate of drug-likeness (QED) is 0.788. The summed E-state index contributed by atoms with van der Waals surface area (Å²) in [4.78, 5) is 16.5. The van der Waals surface area contributed by atoms with Gasteiger partial charge < -0.3 is 10.0 Å². The van der Waals surface area contributed by atoms with Crippen molar-refractivity contribution in [3.8, 4) is 0 Å². The second kappa shape index (κ2) is 3.91. The van der Waals surface area contributed by atoms with Gasteiger partial charge in [-0.2, -0.15) is 0 Å². The summed E-state index contributed by atoms with van der Waals surface area (Å²) in [6.45, 7) is 3.61. The highest BCUT2D eigenvalue weighted by Crippen LogP contribution is 2.17. The van der Waals surface area contributed by atoms with E-state index in [0.29, 0.717) is 5.82 Å². The molecule has 4 nitrogen and oxygen atoms in total. The molecule has 1 N–H and O–H groups in total. The number of carboxylic acid groups (broad SMARTS) is 1. The molecular weight excluding hydrogens is 180 g/mol. The first kappa shape index (κ1) is 10.2. The second-order valence-electron chi connectivity index (χ2n) is 3.04. The molecule has 4 heteroatoms. The van der Waals surface area contributed by atoms with E-state index in [4.69, 9.17) is 5.11 Å². The minimum absolute atomic E-state index is 0.172. The van der Waals surface area contributed by atoms with Gasteiger partial charge in [0.15, 0.2) is 0 Å². The Bertz CT molecular complexity index is 372. The number of aromatic carboxylic acids is 1. The first-order valence-corrected chi connectivity index (χ1v) is 4.09. The lowest BCUT2D eigenvalue weighted by atomic mass is 10.2. The van der Waals surface area contributed by atoms with Crippen molar-refractivity contribution >= 4 is 17.9 Å². The Kier molecular flexibility index (Phi) is 2.86. The van der Waals surface area contributed by atoms with Crippen LogP contribution < -0.4 is 4.90 Å². The lowest BCUT2D eigenvalue weighted by Gasteiger charge is -2.14. The van der Waals surface area contributed by atoms with E-state index in [9.17, 15) is 4.79 Å². The number of pyridine rings is 1. The zero-order valence-electron chi connectivity index (χ0n) is 8.19. The van der Waals surface area contributed by atoms with Crippen molar-refractivity contribution in [3.63, 3.8) is 0 Å². The van der Waals surface area contributed by atoms with E-state index in [1.807, 2.05) is 19.0 Å². The molecule has 0 aliphatic rings. The van der Waals surface area contributed by atoms with Crippen molar-refractivity contribution in [2.24, 2.45) is 0 Å². The van der Waals surface area contributed by atoms with E-state index in [1.165, 1.54) is 6.20 Å². The smallest absolute Gasteiger partial charge is 0.337 e. The Morgan fingerprint density at radius 1 is 1.64 bits per heavy atom. The van der Waals surface area contributed by atoms with Crippen molar-refractivity contribution in [1.82, 2.24) is 4.98 Å². The summed E-state index contributed by atoms with van der Waals surface area (Å²) >= 11 is 0. The molecule has 1 aromatic rings. The van der Waals surface area contributed by atoms with E-state index in [1.54, 1.807) is 12.1 Å². The zero-order valence-corrected chi connectivity index (χ0v) is 8.19. The van der Waals surface area contributed by atoms with Crippen molar-refractivity contribution < 1.29 is 9.90 Å². The van der Waals surface area contributed by atoms with Gasteiger partial charge in [-0.05, 0) is 6.07 Å². The van der Waals surface area contributed by atoms with Gasteiger partial charge in [-0.3, -0.25) is 0 Å². The molecule has 0 aliphatic carbocycles. The van der Waals surface area contributed by atoms with Crippen molar-refractivity contribution in [1.29, 1.82) is 0 Å². The molecule has 14 heavy (non-hydrogen) atoms. The number of rotatable bonds is 3. The van der Waals surface area contributed by atoms with Gasteiger partial charge in [-0.15, -0.1) is 0 Å². The molecular formula is C10H12N2O2. The number of aromatic nitrogens is 1. The minimum atomic E-state index is -0.981. The molecule has 1 heterocycles. The summed E-state index contributed by atoms with van der Waals surface area (Å²) in [5, 5.41) is 8.75. The average Bonchev–Trinajstić information content (AvgIpc) is 2.16. The maximum atomic E-state index is 10.7. The number of hydrogen-bond donors (Lipinski definition) is 1. The Morgan fingerprint density at radius 3 is 2.71 bits per heavy atom. The van der Waals surface area contributed by atoms with Crippen LogP contribution >= 0.6 is 0 Å². The van der Waals surface area contributed by atoms with Gasteiger partial charge in [-0.1, -0.05) is 12.7 Å². The molecule has 1 aromatic heterocycles. The van der Waals surface area contributed by atoms with E-state index in [0.717, 1.165) is 5.56 Å². The third-order valence-electron chi connectivity index (χ3n) is 1.79. The van der Waals surface area contributed by atoms with Crippen LogP contribution in [0.2, 0.25) is 0 Å². The summed E-state index contributed by atoms with van der Waals surface area (Å²) < 4.78 is 0. The molecule has 1 rings (SSSR count). The largest absolute Gasteiger partial charge is 0.478 e. The zero-order chi connectivity index (χ0) is 10.7. The minimum Gasteiger partial charge on any atom is -0.478 e. The molecule has 74 valence electrons.